The maximum Gasteiger partial charge on any atom is 0.409 e. The highest BCUT2D eigenvalue weighted by molar-refractivity contribution is 5.81. The third-order valence-electron chi connectivity index (χ3n) is 4.51. The van der Waals surface area contributed by atoms with Crippen LogP contribution in [0.4, 0.5) is 4.79 Å². The Balaban J connectivity index is 1.87. The number of hydrogen-bond donors (Lipinski definition) is 1. The number of carbonyl (C=O) groups is 3. The molecule has 2 fully saturated rings. The van der Waals surface area contributed by atoms with Crippen LogP contribution in [0.3, 0.4) is 0 Å². The standard InChI is InChI=1S/C15H25N3O4/c1-2-22-15(21)18-7-3-4-12(10-18)14(20)17-8-5-11(6-9-17)13(16)19/h11-12H,2-10H2,1H3,(H2,16,19)/t12-/m0/s1. The Labute approximate surface area is 130 Å². The molecule has 0 unspecified atom stereocenters. The normalized spacial score (nSPS) is 23.2. The molecule has 0 aliphatic carbocycles. The maximum atomic E-state index is 12.6. The second-order valence-corrected chi connectivity index (χ2v) is 5.99. The first-order valence-corrected chi connectivity index (χ1v) is 8.02. The molecule has 0 bridgehead atoms. The number of ether oxygens (including phenoxy) is 1. The topological polar surface area (TPSA) is 92.9 Å². The Morgan fingerprint density at radius 2 is 1.73 bits per heavy atom. The fraction of sp³-hybridized carbons (Fsp3) is 0.800. The Morgan fingerprint density at radius 3 is 2.32 bits per heavy atom. The Kier molecular flexibility index (Phi) is 5.63. The number of likely N-dealkylation sites (tertiary alicyclic amines) is 2. The van der Waals surface area contributed by atoms with E-state index in [4.69, 9.17) is 10.5 Å². The van der Waals surface area contributed by atoms with Gasteiger partial charge < -0.3 is 20.3 Å². The first kappa shape index (κ1) is 16.6. The molecule has 3 amide bonds. The van der Waals surface area contributed by atoms with Crippen LogP contribution in [0.15, 0.2) is 0 Å². The summed E-state index contributed by atoms with van der Waals surface area (Å²) in [6.45, 7) is 4.33. The molecule has 7 nitrogen and oxygen atoms in total. The van der Waals surface area contributed by atoms with E-state index >= 15 is 0 Å². The highest BCUT2D eigenvalue weighted by atomic mass is 16.6. The molecule has 0 saturated carbocycles. The van der Waals surface area contributed by atoms with Crippen molar-refractivity contribution in [2.75, 3.05) is 32.8 Å². The number of nitrogens with zero attached hydrogens (tertiary/aromatic N) is 2. The zero-order chi connectivity index (χ0) is 16.1. The molecular formula is C15H25N3O4. The van der Waals surface area contributed by atoms with E-state index in [1.807, 2.05) is 0 Å². The van der Waals surface area contributed by atoms with E-state index in [0.717, 1.165) is 12.8 Å². The molecule has 2 N–H and O–H groups in total. The van der Waals surface area contributed by atoms with Gasteiger partial charge in [0.25, 0.3) is 0 Å². The summed E-state index contributed by atoms with van der Waals surface area (Å²) in [5.74, 6) is -0.482. The number of rotatable bonds is 3. The van der Waals surface area contributed by atoms with Gasteiger partial charge in [-0.1, -0.05) is 0 Å². The van der Waals surface area contributed by atoms with Crippen molar-refractivity contribution in [1.82, 2.24) is 9.80 Å². The summed E-state index contributed by atoms with van der Waals surface area (Å²) in [4.78, 5) is 39.0. The number of carbonyl (C=O) groups excluding carboxylic acids is 3. The molecule has 2 rings (SSSR count). The van der Waals surface area contributed by atoms with E-state index in [0.29, 0.717) is 45.6 Å². The van der Waals surface area contributed by atoms with Gasteiger partial charge in [0.2, 0.25) is 11.8 Å². The number of primary amides is 1. The lowest BCUT2D eigenvalue weighted by atomic mass is 9.92. The summed E-state index contributed by atoms with van der Waals surface area (Å²) in [5, 5.41) is 0. The zero-order valence-corrected chi connectivity index (χ0v) is 13.1. The van der Waals surface area contributed by atoms with E-state index in [-0.39, 0.29) is 29.7 Å². The number of amides is 3. The average molecular weight is 311 g/mol. The Morgan fingerprint density at radius 1 is 1.05 bits per heavy atom. The Hall–Kier alpha value is -1.79. The SMILES string of the molecule is CCOC(=O)N1CCC[C@H](C(=O)N2CCC(C(N)=O)CC2)C1. The lowest BCUT2D eigenvalue weighted by molar-refractivity contribution is -0.140. The molecule has 2 heterocycles. The molecule has 0 spiro atoms. The zero-order valence-electron chi connectivity index (χ0n) is 13.1. The minimum absolute atomic E-state index is 0.0805. The van der Waals surface area contributed by atoms with E-state index < -0.39 is 0 Å². The molecule has 1 atom stereocenters. The van der Waals surface area contributed by atoms with Gasteiger partial charge in [-0.05, 0) is 32.6 Å². The predicted molar refractivity (Wildman–Crippen MR) is 79.8 cm³/mol. The van der Waals surface area contributed by atoms with Crippen LogP contribution in [0.5, 0.6) is 0 Å². The molecule has 22 heavy (non-hydrogen) atoms. The van der Waals surface area contributed by atoms with Gasteiger partial charge in [-0.2, -0.15) is 0 Å². The van der Waals surface area contributed by atoms with Crippen LogP contribution in [0.2, 0.25) is 0 Å². The molecule has 7 heteroatoms. The molecule has 0 aromatic rings. The van der Waals surface area contributed by atoms with Gasteiger partial charge in [-0.15, -0.1) is 0 Å². The monoisotopic (exact) mass is 311 g/mol. The van der Waals surface area contributed by atoms with Crippen molar-refractivity contribution in [2.24, 2.45) is 17.6 Å². The molecule has 0 aromatic heterocycles. The van der Waals surface area contributed by atoms with E-state index in [1.54, 1.807) is 16.7 Å². The summed E-state index contributed by atoms with van der Waals surface area (Å²) in [7, 11) is 0. The Bertz CT molecular complexity index is 433. The first-order valence-electron chi connectivity index (χ1n) is 8.02. The summed E-state index contributed by atoms with van der Waals surface area (Å²) in [6, 6.07) is 0. The van der Waals surface area contributed by atoms with E-state index in [2.05, 4.69) is 0 Å². The average Bonchev–Trinajstić information content (AvgIpc) is 2.54. The minimum Gasteiger partial charge on any atom is -0.450 e. The lowest BCUT2D eigenvalue weighted by Gasteiger charge is -2.37. The number of piperidine rings is 2. The molecule has 2 aliphatic heterocycles. The molecule has 2 aliphatic rings. The van der Waals surface area contributed by atoms with Crippen molar-refractivity contribution in [3.63, 3.8) is 0 Å². The van der Waals surface area contributed by atoms with Gasteiger partial charge in [0.05, 0.1) is 12.5 Å². The minimum atomic E-state index is -0.340. The van der Waals surface area contributed by atoms with Crippen molar-refractivity contribution in [1.29, 1.82) is 0 Å². The van der Waals surface area contributed by atoms with Crippen LogP contribution in [-0.2, 0) is 14.3 Å². The molecule has 0 aromatic carbocycles. The molecule has 124 valence electrons. The first-order chi connectivity index (χ1) is 10.5. The summed E-state index contributed by atoms with van der Waals surface area (Å²) in [5.41, 5.74) is 5.31. The fourth-order valence-electron chi connectivity index (χ4n) is 3.20. The maximum absolute atomic E-state index is 12.6. The van der Waals surface area contributed by atoms with Crippen molar-refractivity contribution >= 4 is 17.9 Å². The summed E-state index contributed by atoms with van der Waals surface area (Å²) >= 11 is 0. The second-order valence-electron chi connectivity index (χ2n) is 5.99. The number of hydrogen-bond acceptors (Lipinski definition) is 4. The van der Waals surface area contributed by atoms with Gasteiger partial charge in [-0.3, -0.25) is 9.59 Å². The van der Waals surface area contributed by atoms with Gasteiger partial charge in [0.15, 0.2) is 0 Å². The number of nitrogens with two attached hydrogens (primary N) is 1. The quantitative estimate of drug-likeness (QED) is 0.825. The van der Waals surface area contributed by atoms with Gasteiger partial charge >= 0.3 is 6.09 Å². The van der Waals surface area contributed by atoms with Crippen LogP contribution < -0.4 is 5.73 Å². The summed E-state index contributed by atoms with van der Waals surface area (Å²) in [6.07, 6.45) is 2.54. The van der Waals surface area contributed by atoms with E-state index in [9.17, 15) is 14.4 Å². The largest absolute Gasteiger partial charge is 0.450 e. The second kappa shape index (κ2) is 7.47. The lowest BCUT2D eigenvalue weighted by Crippen LogP contribution is -2.49. The van der Waals surface area contributed by atoms with Crippen molar-refractivity contribution in [2.45, 2.75) is 32.6 Å². The highest BCUT2D eigenvalue weighted by Crippen LogP contribution is 2.23. The van der Waals surface area contributed by atoms with Crippen molar-refractivity contribution in [3.8, 4) is 0 Å². The smallest absolute Gasteiger partial charge is 0.409 e. The van der Waals surface area contributed by atoms with Crippen molar-refractivity contribution in [3.05, 3.63) is 0 Å². The molecule has 0 radical (unpaired) electrons. The van der Waals surface area contributed by atoms with Crippen LogP contribution in [0.25, 0.3) is 0 Å². The third kappa shape index (κ3) is 3.90. The van der Waals surface area contributed by atoms with Crippen molar-refractivity contribution < 1.29 is 19.1 Å². The highest BCUT2D eigenvalue weighted by Gasteiger charge is 2.34. The van der Waals surface area contributed by atoms with Gasteiger partial charge in [-0.25, -0.2) is 4.79 Å². The predicted octanol–water partition coefficient (Wildman–Crippen LogP) is 0.579. The fourth-order valence-corrected chi connectivity index (χ4v) is 3.20. The molecule has 2 saturated heterocycles. The van der Waals surface area contributed by atoms with Gasteiger partial charge in [0.1, 0.15) is 0 Å². The van der Waals surface area contributed by atoms with Crippen LogP contribution in [0.1, 0.15) is 32.6 Å². The van der Waals surface area contributed by atoms with Crippen LogP contribution in [0, 0.1) is 11.8 Å². The van der Waals surface area contributed by atoms with Crippen LogP contribution in [-0.4, -0.2) is 60.5 Å². The molecular weight excluding hydrogens is 286 g/mol. The van der Waals surface area contributed by atoms with Gasteiger partial charge in [0, 0.05) is 32.1 Å². The van der Waals surface area contributed by atoms with E-state index in [1.165, 1.54) is 0 Å². The third-order valence-corrected chi connectivity index (χ3v) is 4.51. The van der Waals surface area contributed by atoms with Crippen LogP contribution >= 0.6 is 0 Å². The summed E-state index contributed by atoms with van der Waals surface area (Å²) < 4.78 is 5.01.